The zero-order valence-electron chi connectivity index (χ0n) is 16.9. The molecule has 8 heteroatoms. The largest absolute Gasteiger partial charge is 0.489 e. The first-order chi connectivity index (χ1) is 15.6. The van der Waals surface area contributed by atoms with E-state index < -0.39 is 0 Å². The minimum atomic E-state index is -0.199. The van der Waals surface area contributed by atoms with E-state index in [2.05, 4.69) is 15.3 Å². The predicted octanol–water partition coefficient (Wildman–Crippen LogP) is 6.06. The molecule has 5 nitrogen and oxygen atoms in total. The fourth-order valence-corrected chi connectivity index (χ4v) is 4.08. The molecule has 4 rings (SSSR count). The first-order valence-electron chi connectivity index (χ1n) is 9.89. The summed E-state index contributed by atoms with van der Waals surface area (Å²) in [6.45, 7) is 0.864. The van der Waals surface area contributed by atoms with Crippen molar-refractivity contribution in [3.63, 3.8) is 0 Å². The molecule has 2 heterocycles. The minimum absolute atomic E-state index is 0.199. The van der Waals surface area contributed by atoms with Crippen LogP contribution in [-0.2, 0) is 13.0 Å². The number of hydrogen-bond acceptors (Lipinski definition) is 5. The monoisotopic (exact) mass is 483 g/mol. The SMILES string of the molecule is O=C(NCCc1ccccn1)c1csc(-c2cccc(OCc3ccc(Cl)c(Cl)c3)c2)n1. The van der Waals surface area contributed by atoms with Crippen molar-refractivity contribution in [3.8, 4) is 16.3 Å². The Hall–Kier alpha value is -2.93. The third-order valence-corrected chi connectivity index (χ3v) is 6.23. The normalized spacial score (nSPS) is 10.7. The Morgan fingerprint density at radius 3 is 2.75 bits per heavy atom. The smallest absolute Gasteiger partial charge is 0.270 e. The molecule has 2 aromatic heterocycles. The fourth-order valence-electron chi connectivity index (χ4n) is 2.97. The average molecular weight is 484 g/mol. The maximum Gasteiger partial charge on any atom is 0.270 e. The van der Waals surface area contributed by atoms with Gasteiger partial charge < -0.3 is 10.1 Å². The number of nitrogens with zero attached hydrogens (tertiary/aromatic N) is 2. The van der Waals surface area contributed by atoms with Crippen LogP contribution < -0.4 is 10.1 Å². The highest BCUT2D eigenvalue weighted by Gasteiger charge is 2.12. The van der Waals surface area contributed by atoms with E-state index in [9.17, 15) is 4.79 Å². The van der Waals surface area contributed by atoms with Gasteiger partial charge in [0.05, 0.1) is 10.0 Å². The van der Waals surface area contributed by atoms with E-state index in [1.165, 1.54) is 11.3 Å². The van der Waals surface area contributed by atoms with Gasteiger partial charge >= 0.3 is 0 Å². The Bertz CT molecular complexity index is 1210. The molecule has 162 valence electrons. The van der Waals surface area contributed by atoms with E-state index >= 15 is 0 Å². The van der Waals surface area contributed by atoms with Gasteiger partial charge in [-0.25, -0.2) is 4.98 Å². The number of hydrogen-bond donors (Lipinski definition) is 1. The summed E-state index contributed by atoms with van der Waals surface area (Å²) in [6.07, 6.45) is 2.41. The summed E-state index contributed by atoms with van der Waals surface area (Å²) in [5.74, 6) is 0.501. The first kappa shape index (κ1) is 22.3. The van der Waals surface area contributed by atoms with Gasteiger partial charge in [0.1, 0.15) is 23.1 Å². The average Bonchev–Trinajstić information content (AvgIpc) is 3.31. The fraction of sp³-hybridized carbons (Fsp3) is 0.125. The highest BCUT2D eigenvalue weighted by molar-refractivity contribution is 7.13. The summed E-state index contributed by atoms with van der Waals surface area (Å²) in [7, 11) is 0. The summed E-state index contributed by atoms with van der Waals surface area (Å²) in [5, 5.41) is 6.41. The van der Waals surface area contributed by atoms with Crippen molar-refractivity contribution in [2.45, 2.75) is 13.0 Å². The van der Waals surface area contributed by atoms with Crippen LogP contribution >= 0.6 is 34.5 Å². The number of pyridine rings is 1. The summed E-state index contributed by atoms with van der Waals surface area (Å²) in [4.78, 5) is 21.2. The molecular weight excluding hydrogens is 465 g/mol. The summed E-state index contributed by atoms with van der Waals surface area (Å²) < 4.78 is 5.89. The van der Waals surface area contributed by atoms with Gasteiger partial charge in [0.25, 0.3) is 5.91 Å². The molecule has 0 spiro atoms. The van der Waals surface area contributed by atoms with E-state index in [-0.39, 0.29) is 5.91 Å². The quantitative estimate of drug-likeness (QED) is 0.330. The van der Waals surface area contributed by atoms with Gasteiger partial charge in [-0.05, 0) is 42.0 Å². The minimum Gasteiger partial charge on any atom is -0.489 e. The van der Waals surface area contributed by atoms with Gasteiger partial charge in [0.15, 0.2) is 0 Å². The van der Waals surface area contributed by atoms with E-state index in [0.717, 1.165) is 21.8 Å². The van der Waals surface area contributed by atoms with Crippen molar-refractivity contribution in [1.82, 2.24) is 15.3 Å². The van der Waals surface area contributed by atoms with E-state index in [4.69, 9.17) is 27.9 Å². The van der Waals surface area contributed by atoms with Crippen LogP contribution in [0.4, 0.5) is 0 Å². The molecule has 0 aliphatic rings. The topological polar surface area (TPSA) is 64.1 Å². The van der Waals surface area contributed by atoms with E-state index in [1.54, 1.807) is 23.7 Å². The maximum absolute atomic E-state index is 12.4. The summed E-state index contributed by atoms with van der Waals surface area (Å²) >= 11 is 13.4. The van der Waals surface area contributed by atoms with Gasteiger partial charge in [0.2, 0.25) is 0 Å². The lowest BCUT2D eigenvalue weighted by atomic mass is 10.2. The van der Waals surface area contributed by atoms with Crippen LogP contribution in [0.5, 0.6) is 5.75 Å². The zero-order valence-corrected chi connectivity index (χ0v) is 19.3. The van der Waals surface area contributed by atoms with Crippen molar-refractivity contribution < 1.29 is 9.53 Å². The third-order valence-electron chi connectivity index (χ3n) is 4.60. The number of carbonyl (C=O) groups excluding carboxylic acids is 1. The standard InChI is InChI=1S/C24H19Cl2N3O2S/c25-20-8-7-16(12-21(20)26)14-31-19-6-3-4-17(13-19)24-29-22(15-32-24)23(30)28-11-9-18-5-1-2-10-27-18/h1-8,10,12-13,15H,9,11,14H2,(H,28,30). The van der Waals surface area contributed by atoms with Gasteiger partial charge in [-0.3, -0.25) is 9.78 Å². The molecule has 32 heavy (non-hydrogen) atoms. The number of carbonyl (C=O) groups is 1. The second-order valence-corrected chi connectivity index (χ2v) is 8.60. The van der Waals surface area contributed by atoms with Gasteiger partial charge in [-0.2, -0.15) is 0 Å². The number of thiazole rings is 1. The van der Waals surface area contributed by atoms with E-state index in [1.807, 2.05) is 48.5 Å². The maximum atomic E-state index is 12.4. The number of aromatic nitrogens is 2. The number of nitrogens with one attached hydrogen (secondary N) is 1. The lowest BCUT2D eigenvalue weighted by molar-refractivity contribution is 0.0950. The molecule has 0 atom stereocenters. The van der Waals surface area contributed by atoms with Crippen molar-refractivity contribution in [1.29, 1.82) is 0 Å². The number of halogens is 2. The molecule has 2 aromatic carbocycles. The summed E-state index contributed by atoms with van der Waals surface area (Å²) in [6, 6.07) is 18.7. The second-order valence-electron chi connectivity index (χ2n) is 6.93. The lowest BCUT2D eigenvalue weighted by Gasteiger charge is -2.08. The molecule has 0 aliphatic heterocycles. The van der Waals surface area contributed by atoms with Crippen LogP contribution in [0.3, 0.4) is 0 Å². The van der Waals surface area contributed by atoms with Crippen LogP contribution in [0.1, 0.15) is 21.7 Å². The number of ether oxygens (including phenoxy) is 1. The lowest BCUT2D eigenvalue weighted by Crippen LogP contribution is -2.26. The number of rotatable bonds is 8. The number of benzene rings is 2. The van der Waals surface area contributed by atoms with Crippen LogP contribution in [-0.4, -0.2) is 22.4 Å². The molecule has 0 saturated carbocycles. The zero-order chi connectivity index (χ0) is 22.3. The highest BCUT2D eigenvalue weighted by Crippen LogP contribution is 2.28. The van der Waals surface area contributed by atoms with Crippen molar-refractivity contribution in [2.24, 2.45) is 0 Å². The van der Waals surface area contributed by atoms with Crippen molar-refractivity contribution in [2.75, 3.05) is 6.54 Å². The Morgan fingerprint density at radius 2 is 1.94 bits per heavy atom. The Morgan fingerprint density at radius 1 is 1.03 bits per heavy atom. The van der Waals surface area contributed by atoms with Crippen LogP contribution in [0.2, 0.25) is 10.0 Å². The third kappa shape index (κ3) is 5.85. The first-order valence-corrected chi connectivity index (χ1v) is 11.5. The molecule has 0 aliphatic carbocycles. The molecule has 4 aromatic rings. The molecule has 0 fully saturated rings. The van der Waals surface area contributed by atoms with Crippen LogP contribution in [0.15, 0.2) is 72.2 Å². The van der Waals surface area contributed by atoms with Gasteiger partial charge in [-0.15, -0.1) is 11.3 Å². The molecule has 0 saturated heterocycles. The highest BCUT2D eigenvalue weighted by atomic mass is 35.5. The summed E-state index contributed by atoms with van der Waals surface area (Å²) in [5.41, 5.74) is 3.13. The Labute approximate surface area is 200 Å². The van der Waals surface area contributed by atoms with Gasteiger partial charge in [0, 0.05) is 35.8 Å². The van der Waals surface area contributed by atoms with E-state index in [0.29, 0.717) is 41.1 Å². The molecule has 1 amide bonds. The molecular formula is C24H19Cl2N3O2S. The molecule has 0 bridgehead atoms. The number of amides is 1. The Balaban J connectivity index is 1.36. The van der Waals surface area contributed by atoms with Crippen LogP contribution in [0, 0.1) is 0 Å². The predicted molar refractivity (Wildman–Crippen MR) is 129 cm³/mol. The molecule has 0 unspecified atom stereocenters. The van der Waals surface area contributed by atoms with Gasteiger partial charge in [-0.1, -0.05) is 47.5 Å². The van der Waals surface area contributed by atoms with Crippen molar-refractivity contribution in [3.05, 3.63) is 99.2 Å². The molecule has 1 N–H and O–H groups in total. The molecule has 0 radical (unpaired) electrons. The second kappa shape index (κ2) is 10.6. The van der Waals surface area contributed by atoms with Crippen LogP contribution in [0.25, 0.3) is 10.6 Å². The van der Waals surface area contributed by atoms with Crippen molar-refractivity contribution >= 4 is 40.4 Å². The Kier molecular flexibility index (Phi) is 7.37.